The number of likely N-dealkylation sites (tertiary alicyclic amines) is 1. The van der Waals surface area contributed by atoms with Gasteiger partial charge in [0, 0.05) is 11.6 Å². The number of nitrogens with zero attached hydrogens (tertiary/aromatic N) is 1. The summed E-state index contributed by atoms with van der Waals surface area (Å²) in [4.78, 5) is 25.4. The van der Waals surface area contributed by atoms with Gasteiger partial charge in [-0.15, -0.1) is 0 Å². The second-order valence-electron chi connectivity index (χ2n) is 4.91. The number of carboxylic acids is 1. The van der Waals surface area contributed by atoms with Crippen LogP contribution < -0.4 is 0 Å². The molecule has 1 aromatic carbocycles. The summed E-state index contributed by atoms with van der Waals surface area (Å²) in [6, 6.07) is 4.17. The Hall–Kier alpha value is -1.75. The van der Waals surface area contributed by atoms with E-state index in [0.717, 1.165) is 0 Å². The van der Waals surface area contributed by atoms with Gasteiger partial charge in [0.1, 0.15) is 11.3 Å². The molecule has 0 bridgehead atoms. The molecule has 1 aromatic rings. The van der Waals surface area contributed by atoms with E-state index in [1.54, 1.807) is 6.92 Å². The lowest BCUT2D eigenvalue weighted by atomic mass is 9.92. The second kappa shape index (κ2) is 5.32. The van der Waals surface area contributed by atoms with E-state index in [2.05, 4.69) is 0 Å². The monoisotopic (exact) mass is 297 g/mol. The van der Waals surface area contributed by atoms with Crippen LogP contribution in [0.25, 0.3) is 0 Å². The molecule has 6 heteroatoms. The zero-order valence-electron chi connectivity index (χ0n) is 11.1. The minimum Gasteiger partial charge on any atom is -0.507 e. The van der Waals surface area contributed by atoms with E-state index in [4.69, 9.17) is 11.6 Å². The van der Waals surface area contributed by atoms with Gasteiger partial charge in [-0.25, -0.2) is 4.79 Å². The first-order valence-electron chi connectivity index (χ1n) is 6.46. The van der Waals surface area contributed by atoms with Crippen molar-refractivity contribution in [3.05, 3.63) is 28.8 Å². The lowest BCUT2D eigenvalue weighted by Crippen LogP contribution is -2.52. The van der Waals surface area contributed by atoms with E-state index < -0.39 is 17.4 Å². The largest absolute Gasteiger partial charge is 0.507 e. The van der Waals surface area contributed by atoms with Gasteiger partial charge in [-0.3, -0.25) is 4.79 Å². The van der Waals surface area contributed by atoms with E-state index in [0.29, 0.717) is 30.8 Å². The van der Waals surface area contributed by atoms with Crippen LogP contribution >= 0.6 is 11.6 Å². The number of phenolic OH excluding ortho intramolecular Hbond substituents is 1. The van der Waals surface area contributed by atoms with Crippen LogP contribution in [0.3, 0.4) is 0 Å². The number of carbonyl (C=O) groups is 2. The number of hydrogen-bond donors (Lipinski definition) is 2. The van der Waals surface area contributed by atoms with Gasteiger partial charge >= 0.3 is 5.97 Å². The summed E-state index contributed by atoms with van der Waals surface area (Å²) in [6.07, 6.45) is 1.38. The molecule has 108 valence electrons. The summed E-state index contributed by atoms with van der Waals surface area (Å²) in [5, 5.41) is 19.6. The Balaban J connectivity index is 2.42. The SMILES string of the molecule is CCC1(C(=O)O)CCCN1C(=O)c1cc(Cl)ccc1O. The highest BCUT2D eigenvalue weighted by molar-refractivity contribution is 6.31. The van der Waals surface area contributed by atoms with Crippen molar-refractivity contribution in [2.45, 2.75) is 31.7 Å². The first-order valence-corrected chi connectivity index (χ1v) is 6.84. The van der Waals surface area contributed by atoms with E-state index in [1.165, 1.54) is 23.1 Å². The van der Waals surface area contributed by atoms with E-state index in [-0.39, 0.29) is 11.3 Å². The first kappa shape index (κ1) is 14.7. The molecule has 1 heterocycles. The second-order valence-corrected chi connectivity index (χ2v) is 5.35. The van der Waals surface area contributed by atoms with Crippen molar-refractivity contribution in [2.24, 2.45) is 0 Å². The molecular weight excluding hydrogens is 282 g/mol. The normalized spacial score (nSPS) is 22.0. The van der Waals surface area contributed by atoms with Gasteiger partial charge in [-0.05, 0) is 37.5 Å². The summed E-state index contributed by atoms with van der Waals surface area (Å²) in [5.41, 5.74) is -1.15. The van der Waals surface area contributed by atoms with Crippen LogP contribution in [0.2, 0.25) is 5.02 Å². The van der Waals surface area contributed by atoms with Gasteiger partial charge in [0.05, 0.1) is 5.56 Å². The Morgan fingerprint density at radius 1 is 1.45 bits per heavy atom. The highest BCUT2D eigenvalue weighted by Gasteiger charge is 2.49. The molecule has 1 saturated heterocycles. The zero-order valence-corrected chi connectivity index (χ0v) is 11.9. The van der Waals surface area contributed by atoms with Crippen LogP contribution in [0.4, 0.5) is 0 Å². The van der Waals surface area contributed by atoms with Crippen molar-refractivity contribution in [1.82, 2.24) is 4.90 Å². The number of rotatable bonds is 3. The van der Waals surface area contributed by atoms with Gasteiger partial charge < -0.3 is 15.1 Å². The summed E-state index contributed by atoms with van der Waals surface area (Å²) in [7, 11) is 0. The van der Waals surface area contributed by atoms with Crippen molar-refractivity contribution in [3.63, 3.8) is 0 Å². The molecule has 5 nitrogen and oxygen atoms in total. The van der Waals surface area contributed by atoms with Crippen molar-refractivity contribution in [3.8, 4) is 5.75 Å². The first-order chi connectivity index (χ1) is 9.42. The summed E-state index contributed by atoms with van der Waals surface area (Å²) >= 11 is 5.84. The average molecular weight is 298 g/mol. The molecule has 0 spiro atoms. The van der Waals surface area contributed by atoms with E-state index in [1.807, 2.05) is 0 Å². The molecule has 2 rings (SSSR count). The maximum atomic E-state index is 12.5. The van der Waals surface area contributed by atoms with Crippen LogP contribution in [0.1, 0.15) is 36.5 Å². The molecule has 1 amide bonds. The van der Waals surface area contributed by atoms with Crippen LogP contribution in [0, 0.1) is 0 Å². The van der Waals surface area contributed by atoms with E-state index >= 15 is 0 Å². The van der Waals surface area contributed by atoms with Gasteiger partial charge in [-0.2, -0.15) is 0 Å². The number of amides is 1. The number of aliphatic carboxylic acids is 1. The number of carboxylic acid groups (broad SMARTS) is 1. The van der Waals surface area contributed by atoms with Gasteiger partial charge in [0.15, 0.2) is 0 Å². The average Bonchev–Trinajstić information content (AvgIpc) is 2.85. The number of hydrogen-bond acceptors (Lipinski definition) is 3. The molecule has 1 aliphatic heterocycles. The third-order valence-corrected chi connectivity index (χ3v) is 4.14. The number of halogens is 1. The third-order valence-electron chi connectivity index (χ3n) is 3.91. The highest BCUT2D eigenvalue weighted by atomic mass is 35.5. The Kier molecular flexibility index (Phi) is 3.90. The van der Waals surface area contributed by atoms with E-state index in [9.17, 15) is 19.8 Å². The van der Waals surface area contributed by atoms with Crippen molar-refractivity contribution in [1.29, 1.82) is 0 Å². The smallest absolute Gasteiger partial charge is 0.329 e. The molecule has 0 saturated carbocycles. The molecular formula is C14H16ClNO4. The Morgan fingerprint density at radius 2 is 2.15 bits per heavy atom. The van der Waals surface area contributed by atoms with Crippen LogP contribution in [0.5, 0.6) is 5.75 Å². The van der Waals surface area contributed by atoms with Crippen molar-refractivity contribution >= 4 is 23.5 Å². The summed E-state index contributed by atoms with van der Waals surface area (Å²) < 4.78 is 0. The fourth-order valence-electron chi connectivity index (χ4n) is 2.74. The fourth-order valence-corrected chi connectivity index (χ4v) is 2.91. The van der Waals surface area contributed by atoms with Crippen molar-refractivity contribution < 1.29 is 19.8 Å². The quantitative estimate of drug-likeness (QED) is 0.898. The molecule has 0 aliphatic carbocycles. The Morgan fingerprint density at radius 3 is 2.75 bits per heavy atom. The lowest BCUT2D eigenvalue weighted by molar-refractivity contribution is -0.148. The summed E-state index contributed by atoms with van der Waals surface area (Å²) in [6.45, 7) is 2.11. The van der Waals surface area contributed by atoms with Crippen LogP contribution in [-0.2, 0) is 4.79 Å². The van der Waals surface area contributed by atoms with Gasteiger partial charge in [-0.1, -0.05) is 18.5 Å². The minimum atomic E-state index is -1.19. The standard InChI is InChI=1S/C14H16ClNO4/c1-2-14(13(19)20)6-3-7-16(14)12(18)10-8-9(15)4-5-11(10)17/h4-5,8,17H,2-3,6-7H2,1H3,(H,19,20). The predicted octanol–water partition coefficient (Wildman–Crippen LogP) is 2.52. The van der Waals surface area contributed by atoms with Crippen LogP contribution in [0.15, 0.2) is 18.2 Å². The fraction of sp³-hybridized carbons (Fsp3) is 0.429. The van der Waals surface area contributed by atoms with Crippen LogP contribution in [-0.4, -0.2) is 39.1 Å². The predicted molar refractivity (Wildman–Crippen MR) is 74.0 cm³/mol. The van der Waals surface area contributed by atoms with Gasteiger partial charge in [0.2, 0.25) is 0 Å². The molecule has 1 atom stereocenters. The number of carbonyl (C=O) groups excluding carboxylic acids is 1. The molecule has 20 heavy (non-hydrogen) atoms. The number of aromatic hydroxyl groups is 1. The molecule has 1 aliphatic rings. The molecule has 1 fully saturated rings. The minimum absolute atomic E-state index is 0.0403. The Bertz CT molecular complexity index is 560. The topological polar surface area (TPSA) is 77.8 Å². The molecule has 0 aromatic heterocycles. The maximum Gasteiger partial charge on any atom is 0.329 e. The third kappa shape index (κ3) is 2.22. The van der Waals surface area contributed by atoms with Crippen molar-refractivity contribution in [2.75, 3.05) is 6.54 Å². The van der Waals surface area contributed by atoms with Gasteiger partial charge in [0.25, 0.3) is 5.91 Å². The highest BCUT2D eigenvalue weighted by Crippen LogP contribution is 2.35. The summed E-state index contributed by atoms with van der Waals surface area (Å²) in [5.74, 6) is -1.69. The maximum absolute atomic E-state index is 12.5. The Labute approximate surface area is 121 Å². The lowest BCUT2D eigenvalue weighted by Gasteiger charge is -2.34. The number of benzene rings is 1. The molecule has 1 unspecified atom stereocenters. The molecule has 2 N–H and O–H groups in total. The molecule has 0 radical (unpaired) electrons. The zero-order chi connectivity index (χ0) is 14.9. The number of phenols is 1.